The number of aryl methyl sites for hydroxylation is 1. The van der Waals surface area contributed by atoms with Gasteiger partial charge in [0, 0.05) is 12.6 Å². The zero-order chi connectivity index (χ0) is 16.4. The molecule has 2 aromatic rings. The molecule has 0 bridgehead atoms. The van der Waals surface area contributed by atoms with Gasteiger partial charge in [0.15, 0.2) is 0 Å². The summed E-state index contributed by atoms with van der Waals surface area (Å²) in [7, 11) is -3.73. The normalized spacial score (nSPS) is 17.0. The number of hydrogen-bond donors (Lipinski definition) is 2. The molecule has 0 saturated heterocycles. The van der Waals surface area contributed by atoms with E-state index in [1.807, 2.05) is 18.2 Å². The molecule has 24 heavy (non-hydrogen) atoms. The molecule has 0 radical (unpaired) electrons. The Morgan fingerprint density at radius 3 is 2.75 bits per heavy atom. The average Bonchev–Trinajstić information content (AvgIpc) is 2.55. The van der Waals surface area contributed by atoms with Gasteiger partial charge in [0.05, 0.1) is 4.90 Å². The molecule has 1 unspecified atom stereocenters. The largest absolute Gasteiger partial charge is 0.308 e. The van der Waals surface area contributed by atoms with Crippen molar-refractivity contribution in [2.45, 2.75) is 24.3 Å². The van der Waals surface area contributed by atoms with Crippen molar-refractivity contribution in [2.75, 3.05) is 13.1 Å². The van der Waals surface area contributed by atoms with E-state index in [1.165, 1.54) is 17.7 Å². The maximum Gasteiger partial charge on any atom is 0.240 e. The molecule has 0 aliphatic carbocycles. The summed E-state index contributed by atoms with van der Waals surface area (Å²) in [6, 6.07) is 11.9. The van der Waals surface area contributed by atoms with Crippen molar-refractivity contribution in [3.05, 3.63) is 65.0 Å². The van der Waals surface area contributed by atoms with Crippen molar-refractivity contribution >= 4 is 22.4 Å². The number of nitrogens with one attached hydrogen (secondary N) is 2. The van der Waals surface area contributed by atoms with Crippen LogP contribution in [0.2, 0.25) is 0 Å². The lowest BCUT2D eigenvalue weighted by Crippen LogP contribution is -2.38. The van der Waals surface area contributed by atoms with Crippen LogP contribution >= 0.6 is 12.4 Å². The number of sulfonamides is 1. The Kier molecular flexibility index (Phi) is 5.98. The Bertz CT molecular complexity index is 827. The Morgan fingerprint density at radius 2 is 2.00 bits per heavy atom. The highest BCUT2D eigenvalue weighted by atomic mass is 35.5. The van der Waals surface area contributed by atoms with Gasteiger partial charge in [0.1, 0.15) is 5.82 Å². The van der Waals surface area contributed by atoms with Crippen LogP contribution in [-0.4, -0.2) is 21.5 Å². The molecular formula is C17H20ClFN2O2S. The van der Waals surface area contributed by atoms with Crippen LogP contribution in [-0.2, 0) is 16.4 Å². The quantitative estimate of drug-likeness (QED) is 0.870. The lowest BCUT2D eigenvalue weighted by Gasteiger charge is -2.27. The minimum atomic E-state index is -3.73. The van der Waals surface area contributed by atoms with E-state index in [2.05, 4.69) is 16.1 Å². The summed E-state index contributed by atoms with van der Waals surface area (Å²) >= 11 is 0. The molecule has 0 amide bonds. The maximum atomic E-state index is 13.6. The van der Waals surface area contributed by atoms with E-state index in [4.69, 9.17) is 0 Å². The first-order chi connectivity index (χ1) is 11.0. The van der Waals surface area contributed by atoms with Crippen molar-refractivity contribution in [2.24, 2.45) is 0 Å². The van der Waals surface area contributed by atoms with Crippen LogP contribution in [0, 0.1) is 12.7 Å². The third-order valence-corrected chi connectivity index (χ3v) is 5.57. The highest BCUT2D eigenvalue weighted by molar-refractivity contribution is 7.89. The van der Waals surface area contributed by atoms with Crippen LogP contribution in [0.4, 0.5) is 4.39 Å². The molecule has 7 heteroatoms. The van der Waals surface area contributed by atoms with E-state index in [1.54, 1.807) is 6.92 Å². The molecule has 1 aliphatic rings. The molecule has 1 aliphatic heterocycles. The second-order valence-electron chi connectivity index (χ2n) is 5.72. The van der Waals surface area contributed by atoms with Gasteiger partial charge in [-0.25, -0.2) is 17.5 Å². The van der Waals surface area contributed by atoms with Gasteiger partial charge in [-0.2, -0.15) is 0 Å². The first-order valence-corrected chi connectivity index (χ1v) is 9.03. The summed E-state index contributed by atoms with van der Waals surface area (Å²) < 4.78 is 40.9. The van der Waals surface area contributed by atoms with Gasteiger partial charge in [-0.3, -0.25) is 0 Å². The van der Waals surface area contributed by atoms with Gasteiger partial charge < -0.3 is 5.32 Å². The smallest absolute Gasteiger partial charge is 0.240 e. The van der Waals surface area contributed by atoms with E-state index >= 15 is 0 Å². The van der Waals surface area contributed by atoms with Crippen molar-refractivity contribution in [3.8, 4) is 0 Å². The van der Waals surface area contributed by atoms with Gasteiger partial charge in [-0.15, -0.1) is 12.4 Å². The van der Waals surface area contributed by atoms with E-state index < -0.39 is 15.8 Å². The molecule has 0 saturated carbocycles. The Morgan fingerprint density at radius 1 is 1.25 bits per heavy atom. The number of rotatable bonds is 4. The highest BCUT2D eigenvalue weighted by Gasteiger charge is 2.22. The van der Waals surface area contributed by atoms with Crippen LogP contribution < -0.4 is 10.0 Å². The summed E-state index contributed by atoms with van der Waals surface area (Å²) in [5, 5.41) is 3.32. The molecule has 0 fully saturated rings. The second kappa shape index (κ2) is 7.61. The summed E-state index contributed by atoms with van der Waals surface area (Å²) in [5.41, 5.74) is 2.76. The van der Waals surface area contributed by atoms with Crippen molar-refractivity contribution in [3.63, 3.8) is 0 Å². The standard InChI is InChI=1S/C17H19FN2O2S.ClH/c1-12-6-7-14(10-16(12)18)23(21,22)20-11-17-15-5-3-2-4-13(15)8-9-19-17;/h2-7,10,17,19-20H,8-9,11H2,1H3;1H. The molecule has 1 heterocycles. The van der Waals surface area contributed by atoms with Gasteiger partial charge in [0.25, 0.3) is 0 Å². The maximum absolute atomic E-state index is 13.6. The van der Waals surface area contributed by atoms with Gasteiger partial charge >= 0.3 is 0 Å². The third kappa shape index (κ3) is 3.95. The lowest BCUT2D eigenvalue weighted by atomic mass is 9.95. The zero-order valence-corrected chi connectivity index (χ0v) is 14.9. The van der Waals surface area contributed by atoms with Crippen LogP contribution in [0.25, 0.3) is 0 Å². The van der Waals surface area contributed by atoms with Crippen LogP contribution in [0.3, 0.4) is 0 Å². The summed E-state index contributed by atoms with van der Waals surface area (Å²) in [5.74, 6) is -0.519. The number of benzene rings is 2. The Labute approximate surface area is 147 Å². The number of fused-ring (bicyclic) bond motifs is 1. The predicted molar refractivity (Wildman–Crippen MR) is 94.5 cm³/mol. The molecular weight excluding hydrogens is 351 g/mol. The SMILES string of the molecule is Cc1ccc(S(=O)(=O)NCC2NCCc3ccccc32)cc1F.Cl. The second-order valence-corrected chi connectivity index (χ2v) is 7.49. The van der Waals surface area contributed by atoms with E-state index in [0.717, 1.165) is 24.6 Å². The Balaban J connectivity index is 0.00000208. The van der Waals surface area contributed by atoms with Crippen LogP contribution in [0.1, 0.15) is 22.7 Å². The highest BCUT2D eigenvalue weighted by Crippen LogP contribution is 2.22. The fraction of sp³-hybridized carbons (Fsp3) is 0.294. The van der Waals surface area contributed by atoms with Gasteiger partial charge in [-0.1, -0.05) is 30.3 Å². The van der Waals surface area contributed by atoms with Crippen LogP contribution in [0.15, 0.2) is 47.4 Å². The zero-order valence-electron chi connectivity index (χ0n) is 13.3. The monoisotopic (exact) mass is 370 g/mol. The predicted octanol–water partition coefficient (Wildman–Crippen LogP) is 2.72. The van der Waals surface area contributed by atoms with E-state index in [0.29, 0.717) is 5.56 Å². The lowest BCUT2D eigenvalue weighted by molar-refractivity contribution is 0.491. The minimum Gasteiger partial charge on any atom is -0.308 e. The third-order valence-electron chi connectivity index (χ3n) is 4.15. The summed E-state index contributed by atoms with van der Waals surface area (Å²) in [6.07, 6.45) is 0.933. The fourth-order valence-corrected chi connectivity index (χ4v) is 3.85. The topological polar surface area (TPSA) is 58.2 Å². The first kappa shape index (κ1) is 18.9. The first-order valence-electron chi connectivity index (χ1n) is 7.54. The number of hydrogen-bond acceptors (Lipinski definition) is 3. The molecule has 1 atom stereocenters. The summed E-state index contributed by atoms with van der Waals surface area (Å²) in [4.78, 5) is -0.0512. The molecule has 3 rings (SSSR count). The average molecular weight is 371 g/mol. The molecule has 2 N–H and O–H groups in total. The fourth-order valence-electron chi connectivity index (χ4n) is 2.79. The molecule has 130 valence electrons. The molecule has 4 nitrogen and oxygen atoms in total. The van der Waals surface area contributed by atoms with Crippen molar-refractivity contribution < 1.29 is 12.8 Å². The molecule has 0 spiro atoms. The van der Waals surface area contributed by atoms with Gasteiger partial charge in [0.2, 0.25) is 10.0 Å². The van der Waals surface area contributed by atoms with E-state index in [-0.39, 0.29) is 29.9 Å². The van der Waals surface area contributed by atoms with Crippen molar-refractivity contribution in [1.82, 2.24) is 10.0 Å². The summed E-state index contributed by atoms with van der Waals surface area (Å²) in [6.45, 7) is 2.64. The number of halogens is 2. The van der Waals surface area contributed by atoms with Crippen LogP contribution in [0.5, 0.6) is 0 Å². The molecule has 2 aromatic carbocycles. The Hall–Kier alpha value is -1.47. The van der Waals surface area contributed by atoms with Crippen molar-refractivity contribution in [1.29, 1.82) is 0 Å². The van der Waals surface area contributed by atoms with Gasteiger partial charge in [-0.05, 0) is 48.7 Å². The van der Waals surface area contributed by atoms with E-state index in [9.17, 15) is 12.8 Å². The molecule has 0 aromatic heterocycles. The minimum absolute atomic E-state index is 0.